The number of nitrogens with zero attached hydrogens (tertiary/aromatic N) is 2. The summed E-state index contributed by atoms with van der Waals surface area (Å²) >= 11 is 7.08. The van der Waals surface area contributed by atoms with Gasteiger partial charge in [-0.2, -0.15) is 0 Å². The van der Waals surface area contributed by atoms with Crippen LogP contribution in [0.1, 0.15) is 23.5 Å². The molecule has 0 aliphatic carbocycles. The molecule has 0 saturated carbocycles. The lowest BCUT2D eigenvalue weighted by Crippen LogP contribution is -2.32. The molecule has 0 saturated heterocycles. The third-order valence-electron chi connectivity index (χ3n) is 2.87. The maximum Gasteiger partial charge on any atom is 0.266 e. The molecule has 2 rings (SSSR count). The van der Waals surface area contributed by atoms with Gasteiger partial charge in [0.15, 0.2) is 4.80 Å². The summed E-state index contributed by atoms with van der Waals surface area (Å²) < 4.78 is 1.55. The van der Waals surface area contributed by atoms with Crippen LogP contribution in [0.25, 0.3) is 0 Å². The van der Waals surface area contributed by atoms with Gasteiger partial charge in [-0.1, -0.05) is 29.0 Å². The van der Waals surface area contributed by atoms with E-state index in [1.165, 1.54) is 17.4 Å². The largest absolute Gasteiger partial charge is 0.321 e. The number of nitrogens with one attached hydrogen (secondary N) is 1. The molecule has 0 unspecified atom stereocenters. The smallest absolute Gasteiger partial charge is 0.266 e. The number of halogens is 1. The topological polar surface area (TPSA) is 63.5 Å². The van der Waals surface area contributed by atoms with Gasteiger partial charge in [-0.15, -0.1) is 0 Å². The lowest BCUT2D eigenvalue weighted by molar-refractivity contribution is 0.103. The van der Waals surface area contributed by atoms with Crippen molar-refractivity contribution in [1.82, 2.24) is 4.57 Å². The normalized spacial score (nSPS) is 11.5. The Morgan fingerprint density at radius 2 is 2.14 bits per heavy atom. The van der Waals surface area contributed by atoms with Gasteiger partial charge < -0.3 is 5.32 Å². The molecule has 0 radical (unpaired) electrons. The van der Waals surface area contributed by atoms with Crippen molar-refractivity contribution in [2.24, 2.45) is 4.99 Å². The highest BCUT2D eigenvalue weighted by Gasteiger charge is 2.11. The van der Waals surface area contributed by atoms with Crippen molar-refractivity contribution < 1.29 is 4.79 Å². The number of rotatable bonds is 4. The van der Waals surface area contributed by atoms with Crippen LogP contribution in [0.2, 0.25) is 5.02 Å². The van der Waals surface area contributed by atoms with Crippen molar-refractivity contribution in [2.45, 2.75) is 20.4 Å². The van der Waals surface area contributed by atoms with E-state index in [1.54, 1.807) is 28.8 Å². The SMILES string of the molecule is CCN=c1sc(C(=O)Nc2cccc(Cl)c2)cc(=O)n1CC. The first-order valence-electron chi connectivity index (χ1n) is 6.87. The third-order valence-corrected chi connectivity index (χ3v) is 4.16. The third kappa shape index (κ3) is 3.84. The van der Waals surface area contributed by atoms with Crippen LogP contribution in [0, 0.1) is 0 Å². The molecule has 5 nitrogen and oxygen atoms in total. The average Bonchev–Trinajstić information content (AvgIpc) is 2.47. The van der Waals surface area contributed by atoms with Crippen LogP contribution in [0.15, 0.2) is 40.1 Å². The van der Waals surface area contributed by atoms with Gasteiger partial charge in [0.2, 0.25) is 0 Å². The molecule has 1 heterocycles. The number of hydrogen-bond donors (Lipinski definition) is 1. The van der Waals surface area contributed by atoms with E-state index in [4.69, 9.17) is 11.6 Å². The van der Waals surface area contributed by atoms with Crippen LogP contribution in [0.5, 0.6) is 0 Å². The summed E-state index contributed by atoms with van der Waals surface area (Å²) in [6, 6.07) is 8.19. The Morgan fingerprint density at radius 1 is 1.36 bits per heavy atom. The lowest BCUT2D eigenvalue weighted by atomic mass is 10.3. The van der Waals surface area contributed by atoms with Crippen LogP contribution < -0.4 is 15.7 Å². The van der Waals surface area contributed by atoms with Gasteiger partial charge in [0, 0.05) is 29.9 Å². The maximum atomic E-state index is 12.3. The number of aromatic nitrogens is 1. The van der Waals surface area contributed by atoms with Crippen LogP contribution in [-0.2, 0) is 6.54 Å². The second-order valence-electron chi connectivity index (χ2n) is 4.41. The fraction of sp³-hybridized carbons (Fsp3) is 0.267. The van der Waals surface area contributed by atoms with Gasteiger partial charge in [0.1, 0.15) is 4.88 Å². The number of carbonyl (C=O) groups excluding carboxylic acids is 1. The van der Waals surface area contributed by atoms with E-state index < -0.39 is 0 Å². The summed E-state index contributed by atoms with van der Waals surface area (Å²) in [5.41, 5.74) is 0.350. The first-order valence-corrected chi connectivity index (χ1v) is 8.07. The summed E-state index contributed by atoms with van der Waals surface area (Å²) in [6.45, 7) is 4.82. The minimum absolute atomic E-state index is 0.232. The van der Waals surface area contributed by atoms with E-state index in [2.05, 4.69) is 10.3 Å². The van der Waals surface area contributed by atoms with Crippen molar-refractivity contribution >= 4 is 34.5 Å². The Bertz CT molecular complexity index is 811. The molecule has 22 heavy (non-hydrogen) atoms. The Balaban J connectivity index is 2.38. The van der Waals surface area contributed by atoms with Crippen LogP contribution in [0.4, 0.5) is 5.69 Å². The minimum Gasteiger partial charge on any atom is -0.321 e. The number of amides is 1. The second-order valence-corrected chi connectivity index (χ2v) is 5.86. The second kappa shape index (κ2) is 7.38. The molecule has 7 heteroatoms. The predicted octanol–water partition coefficient (Wildman–Crippen LogP) is 2.76. The van der Waals surface area contributed by atoms with Gasteiger partial charge in [-0.25, -0.2) is 0 Å². The van der Waals surface area contributed by atoms with Gasteiger partial charge in [-0.05, 0) is 32.0 Å². The summed E-state index contributed by atoms with van der Waals surface area (Å²) in [4.78, 5) is 29.5. The number of benzene rings is 1. The Morgan fingerprint density at radius 3 is 2.77 bits per heavy atom. The van der Waals surface area contributed by atoms with Crippen molar-refractivity contribution in [3.8, 4) is 0 Å². The molecule has 1 aromatic carbocycles. The molecule has 0 aliphatic heterocycles. The van der Waals surface area contributed by atoms with E-state index in [-0.39, 0.29) is 11.5 Å². The summed E-state index contributed by atoms with van der Waals surface area (Å²) in [6.07, 6.45) is 0. The van der Waals surface area contributed by atoms with E-state index in [9.17, 15) is 9.59 Å². The molecule has 0 aliphatic rings. The highest BCUT2D eigenvalue weighted by Crippen LogP contribution is 2.16. The Kier molecular flexibility index (Phi) is 5.51. The van der Waals surface area contributed by atoms with E-state index in [0.717, 1.165) is 0 Å². The first kappa shape index (κ1) is 16.5. The molecular weight excluding hydrogens is 322 g/mol. The van der Waals surface area contributed by atoms with Gasteiger partial charge in [-0.3, -0.25) is 19.1 Å². The average molecular weight is 338 g/mol. The predicted molar refractivity (Wildman–Crippen MR) is 89.8 cm³/mol. The van der Waals surface area contributed by atoms with Crippen molar-refractivity contribution in [2.75, 3.05) is 11.9 Å². The molecule has 0 atom stereocenters. The fourth-order valence-corrected chi connectivity index (χ4v) is 3.10. The van der Waals surface area contributed by atoms with Crippen LogP contribution in [-0.4, -0.2) is 17.0 Å². The molecule has 116 valence electrons. The monoisotopic (exact) mass is 337 g/mol. The Hall–Kier alpha value is -1.92. The van der Waals surface area contributed by atoms with Crippen molar-refractivity contribution in [3.05, 3.63) is 55.4 Å². The van der Waals surface area contributed by atoms with Crippen molar-refractivity contribution in [1.29, 1.82) is 0 Å². The molecule has 1 N–H and O–H groups in total. The molecule has 2 aromatic rings. The lowest BCUT2D eigenvalue weighted by Gasteiger charge is -2.07. The number of hydrogen-bond acceptors (Lipinski definition) is 4. The zero-order valence-corrected chi connectivity index (χ0v) is 13.9. The molecule has 1 aromatic heterocycles. The van der Waals surface area contributed by atoms with Gasteiger partial charge in [0.05, 0.1) is 0 Å². The van der Waals surface area contributed by atoms with Gasteiger partial charge >= 0.3 is 0 Å². The summed E-state index contributed by atoms with van der Waals surface area (Å²) in [5, 5.41) is 3.26. The zero-order valence-electron chi connectivity index (χ0n) is 12.3. The maximum absolute atomic E-state index is 12.3. The quantitative estimate of drug-likeness (QED) is 0.932. The van der Waals surface area contributed by atoms with E-state index >= 15 is 0 Å². The summed E-state index contributed by atoms with van der Waals surface area (Å²) in [7, 11) is 0. The minimum atomic E-state index is -0.347. The number of carbonyl (C=O) groups is 1. The molecule has 1 amide bonds. The molecule has 0 fully saturated rings. The highest BCUT2D eigenvalue weighted by molar-refractivity contribution is 7.11. The van der Waals surface area contributed by atoms with Crippen molar-refractivity contribution in [3.63, 3.8) is 0 Å². The molecule has 0 bridgehead atoms. The van der Waals surface area contributed by atoms with Gasteiger partial charge in [0.25, 0.3) is 11.5 Å². The molecule has 0 spiro atoms. The first-order chi connectivity index (χ1) is 10.5. The van der Waals surface area contributed by atoms with Crippen LogP contribution in [0.3, 0.4) is 0 Å². The molecular formula is C15H16ClN3O2S. The summed E-state index contributed by atoms with van der Waals surface area (Å²) in [5.74, 6) is -0.347. The van der Waals surface area contributed by atoms with E-state index in [1.807, 2.05) is 13.8 Å². The van der Waals surface area contributed by atoms with Crippen LogP contribution >= 0.6 is 22.9 Å². The number of anilines is 1. The van der Waals surface area contributed by atoms with E-state index in [0.29, 0.717) is 33.5 Å². The zero-order chi connectivity index (χ0) is 16.1. The standard InChI is InChI=1S/C15H16ClN3O2S/c1-3-17-15-19(4-2)13(20)9-12(22-15)14(21)18-11-7-5-6-10(16)8-11/h5-9H,3-4H2,1-2H3,(H,18,21). The Labute approximate surface area is 136 Å². The fourth-order valence-electron chi connectivity index (χ4n) is 1.88. The highest BCUT2D eigenvalue weighted by atomic mass is 35.5.